The SMILES string of the molecule is C=CCCC(N[S@](=O)C(C)(C)C)=C1CCN(Cc2ccccc2)CC1. The van der Waals surface area contributed by atoms with Gasteiger partial charge < -0.3 is 4.72 Å². The van der Waals surface area contributed by atoms with E-state index in [4.69, 9.17) is 0 Å². The highest BCUT2D eigenvalue weighted by molar-refractivity contribution is 7.84. The zero-order valence-corrected chi connectivity index (χ0v) is 16.7. The molecular formula is C21H32N2OS. The summed E-state index contributed by atoms with van der Waals surface area (Å²) in [5.41, 5.74) is 3.98. The van der Waals surface area contributed by atoms with Crippen LogP contribution in [-0.4, -0.2) is 26.9 Å². The first-order chi connectivity index (χ1) is 11.9. The van der Waals surface area contributed by atoms with Crippen LogP contribution in [-0.2, 0) is 17.5 Å². The van der Waals surface area contributed by atoms with Crippen molar-refractivity contribution < 1.29 is 4.21 Å². The van der Waals surface area contributed by atoms with Crippen molar-refractivity contribution >= 4 is 11.0 Å². The lowest BCUT2D eigenvalue weighted by Gasteiger charge is -2.31. The van der Waals surface area contributed by atoms with E-state index >= 15 is 0 Å². The van der Waals surface area contributed by atoms with E-state index in [1.807, 2.05) is 26.8 Å². The van der Waals surface area contributed by atoms with E-state index in [1.54, 1.807) is 0 Å². The molecule has 0 spiro atoms. The normalized spacial score (nSPS) is 17.2. The number of hydrogen-bond donors (Lipinski definition) is 1. The summed E-state index contributed by atoms with van der Waals surface area (Å²) in [5.74, 6) is 0. The fourth-order valence-corrected chi connectivity index (χ4v) is 3.71. The maximum absolute atomic E-state index is 12.5. The van der Waals surface area contributed by atoms with Gasteiger partial charge in [0.05, 0.1) is 4.75 Å². The third kappa shape index (κ3) is 6.44. The summed E-state index contributed by atoms with van der Waals surface area (Å²) < 4.78 is 15.6. The summed E-state index contributed by atoms with van der Waals surface area (Å²) in [6, 6.07) is 10.6. The van der Waals surface area contributed by atoms with Gasteiger partial charge in [-0.3, -0.25) is 4.90 Å². The molecule has 1 heterocycles. The molecule has 3 nitrogen and oxygen atoms in total. The van der Waals surface area contributed by atoms with Crippen LogP contribution in [0.25, 0.3) is 0 Å². The van der Waals surface area contributed by atoms with Crippen molar-refractivity contribution in [2.75, 3.05) is 13.1 Å². The molecule has 0 aromatic heterocycles. The van der Waals surface area contributed by atoms with Crippen molar-refractivity contribution in [3.8, 4) is 0 Å². The van der Waals surface area contributed by atoms with Crippen molar-refractivity contribution in [1.29, 1.82) is 0 Å². The van der Waals surface area contributed by atoms with Crippen LogP contribution in [0.2, 0.25) is 0 Å². The van der Waals surface area contributed by atoms with E-state index in [-0.39, 0.29) is 4.75 Å². The van der Waals surface area contributed by atoms with Gasteiger partial charge in [-0.1, -0.05) is 36.4 Å². The van der Waals surface area contributed by atoms with Crippen molar-refractivity contribution in [1.82, 2.24) is 9.62 Å². The monoisotopic (exact) mass is 360 g/mol. The topological polar surface area (TPSA) is 32.3 Å². The molecule has 1 fully saturated rings. The smallest absolute Gasteiger partial charge is 0.122 e. The number of nitrogens with zero attached hydrogens (tertiary/aromatic N) is 1. The molecule has 1 N–H and O–H groups in total. The number of nitrogens with one attached hydrogen (secondary N) is 1. The molecule has 1 aliphatic heterocycles. The van der Waals surface area contributed by atoms with E-state index < -0.39 is 11.0 Å². The van der Waals surface area contributed by atoms with Crippen LogP contribution in [0.4, 0.5) is 0 Å². The molecule has 138 valence electrons. The molecule has 1 atom stereocenters. The van der Waals surface area contributed by atoms with E-state index in [0.29, 0.717) is 0 Å². The van der Waals surface area contributed by atoms with Gasteiger partial charge in [-0.05, 0) is 57.6 Å². The van der Waals surface area contributed by atoms with Crippen molar-refractivity contribution in [3.63, 3.8) is 0 Å². The van der Waals surface area contributed by atoms with Crippen LogP contribution < -0.4 is 4.72 Å². The maximum Gasteiger partial charge on any atom is 0.122 e. The summed E-state index contributed by atoms with van der Waals surface area (Å²) in [4.78, 5) is 2.50. The lowest BCUT2D eigenvalue weighted by Crippen LogP contribution is -2.35. The molecular weight excluding hydrogens is 328 g/mol. The summed E-state index contributed by atoms with van der Waals surface area (Å²) in [6.45, 7) is 13.0. The molecule has 0 unspecified atom stereocenters. The van der Waals surface area contributed by atoms with E-state index in [1.165, 1.54) is 16.8 Å². The van der Waals surface area contributed by atoms with E-state index in [2.05, 4.69) is 46.5 Å². The highest BCUT2D eigenvalue weighted by Gasteiger charge is 2.23. The highest BCUT2D eigenvalue weighted by atomic mass is 32.2. The second-order valence-electron chi connectivity index (χ2n) is 7.65. The second kappa shape index (κ2) is 9.35. The van der Waals surface area contributed by atoms with Crippen LogP contribution in [0, 0.1) is 0 Å². The van der Waals surface area contributed by atoms with Crippen LogP contribution in [0.1, 0.15) is 52.0 Å². The van der Waals surface area contributed by atoms with Gasteiger partial charge in [-0.2, -0.15) is 0 Å². The molecule has 1 aromatic rings. The Bertz CT molecular complexity index is 607. The Balaban J connectivity index is 2.00. The minimum Gasteiger partial charge on any atom is -0.309 e. The average molecular weight is 361 g/mol. The first-order valence-corrected chi connectivity index (χ1v) is 10.3. The standard InChI is InChI=1S/C21H32N2OS/c1-5-6-12-20(22-25(24)21(2,3)4)19-13-15-23(16-14-19)17-18-10-8-7-9-11-18/h5,7-11,22H,1,6,12-17H2,2-4H3/t25-/m1/s1. The van der Waals surface area contributed by atoms with Crippen LogP contribution >= 0.6 is 0 Å². The van der Waals surface area contributed by atoms with Crippen LogP contribution in [0.3, 0.4) is 0 Å². The number of hydrogen-bond acceptors (Lipinski definition) is 2. The number of likely N-dealkylation sites (tertiary alicyclic amines) is 1. The molecule has 0 amide bonds. The number of rotatable bonds is 7. The van der Waals surface area contributed by atoms with Crippen LogP contribution in [0.5, 0.6) is 0 Å². The predicted octanol–water partition coefficient (Wildman–Crippen LogP) is 4.55. The van der Waals surface area contributed by atoms with Gasteiger partial charge in [-0.25, -0.2) is 4.21 Å². The fraction of sp³-hybridized carbons (Fsp3) is 0.524. The summed E-state index contributed by atoms with van der Waals surface area (Å²) in [6.07, 6.45) is 5.86. The summed E-state index contributed by atoms with van der Waals surface area (Å²) in [7, 11) is -1.07. The molecule has 0 saturated carbocycles. The minimum atomic E-state index is -1.07. The van der Waals surface area contributed by atoms with Crippen molar-refractivity contribution in [2.45, 2.75) is 57.7 Å². The molecule has 2 rings (SSSR count). The van der Waals surface area contributed by atoms with Gasteiger partial charge in [0.2, 0.25) is 0 Å². The van der Waals surface area contributed by atoms with Crippen molar-refractivity contribution in [2.24, 2.45) is 0 Å². The zero-order valence-electron chi connectivity index (χ0n) is 15.9. The first-order valence-electron chi connectivity index (χ1n) is 9.16. The Morgan fingerprint density at radius 1 is 1.24 bits per heavy atom. The van der Waals surface area contributed by atoms with Gasteiger partial charge >= 0.3 is 0 Å². The molecule has 0 bridgehead atoms. The minimum absolute atomic E-state index is 0.256. The highest BCUT2D eigenvalue weighted by Crippen LogP contribution is 2.24. The van der Waals surface area contributed by atoms with Gasteiger partial charge in [0.1, 0.15) is 11.0 Å². The molecule has 0 aliphatic carbocycles. The van der Waals surface area contributed by atoms with Gasteiger partial charge in [0, 0.05) is 25.3 Å². The summed E-state index contributed by atoms with van der Waals surface area (Å²) >= 11 is 0. The lowest BCUT2D eigenvalue weighted by molar-refractivity contribution is 0.247. The third-order valence-electron chi connectivity index (χ3n) is 4.51. The van der Waals surface area contributed by atoms with Gasteiger partial charge in [-0.15, -0.1) is 6.58 Å². The second-order valence-corrected chi connectivity index (χ2v) is 9.62. The number of benzene rings is 1. The zero-order chi connectivity index (χ0) is 18.3. The Labute approximate surface area is 155 Å². The maximum atomic E-state index is 12.5. The largest absolute Gasteiger partial charge is 0.309 e. The summed E-state index contributed by atoms with van der Waals surface area (Å²) in [5, 5.41) is 0. The molecule has 0 radical (unpaired) electrons. The quantitative estimate of drug-likeness (QED) is 0.723. The lowest BCUT2D eigenvalue weighted by atomic mass is 9.99. The molecule has 1 aliphatic rings. The van der Waals surface area contributed by atoms with Gasteiger partial charge in [0.25, 0.3) is 0 Å². The molecule has 1 aromatic carbocycles. The Morgan fingerprint density at radius 3 is 2.44 bits per heavy atom. The van der Waals surface area contributed by atoms with Crippen molar-refractivity contribution in [3.05, 3.63) is 59.8 Å². The van der Waals surface area contributed by atoms with E-state index in [9.17, 15) is 4.21 Å². The molecule has 4 heteroatoms. The number of allylic oxidation sites excluding steroid dienone is 2. The fourth-order valence-electron chi connectivity index (χ4n) is 2.94. The number of piperidine rings is 1. The van der Waals surface area contributed by atoms with Gasteiger partial charge in [0.15, 0.2) is 0 Å². The average Bonchev–Trinajstić information content (AvgIpc) is 2.59. The molecule has 25 heavy (non-hydrogen) atoms. The van der Waals surface area contributed by atoms with E-state index in [0.717, 1.165) is 45.3 Å². The Kier molecular flexibility index (Phi) is 7.45. The Morgan fingerprint density at radius 2 is 1.88 bits per heavy atom. The predicted molar refractivity (Wildman–Crippen MR) is 108 cm³/mol. The Hall–Kier alpha value is -1.39. The molecule has 1 saturated heterocycles. The third-order valence-corrected chi connectivity index (χ3v) is 6.05. The van der Waals surface area contributed by atoms with Crippen LogP contribution in [0.15, 0.2) is 54.3 Å². The first kappa shape index (κ1) is 19.9.